The van der Waals surface area contributed by atoms with Crippen molar-refractivity contribution in [2.24, 2.45) is 0 Å². The molecule has 2 aromatic rings. The first kappa shape index (κ1) is 21.0. The van der Waals surface area contributed by atoms with Crippen molar-refractivity contribution in [2.75, 3.05) is 39.3 Å². The summed E-state index contributed by atoms with van der Waals surface area (Å²) < 4.78 is 40.7. The van der Waals surface area contributed by atoms with Gasteiger partial charge in [0.15, 0.2) is 0 Å². The number of hydrogen-bond acceptors (Lipinski definition) is 4. The zero-order valence-electron chi connectivity index (χ0n) is 16.8. The molecule has 0 unspecified atom stereocenters. The minimum absolute atomic E-state index is 0.0382. The minimum atomic E-state index is -3.76. The molecule has 0 radical (unpaired) electrons. The molecular formula is C22H26FN3O3S. The molecule has 4 rings (SSSR count). The molecule has 8 heteroatoms. The molecule has 0 N–H and O–H groups in total. The van der Waals surface area contributed by atoms with E-state index in [0.29, 0.717) is 13.1 Å². The zero-order valence-corrected chi connectivity index (χ0v) is 17.6. The van der Waals surface area contributed by atoms with E-state index in [1.165, 1.54) is 22.5 Å². The molecule has 6 nitrogen and oxygen atoms in total. The Bertz CT molecular complexity index is 986. The molecule has 2 aromatic carbocycles. The number of likely N-dealkylation sites (tertiary alicyclic amines) is 1. The number of sulfonamides is 1. The monoisotopic (exact) mass is 431 g/mol. The number of hydrogen-bond donors (Lipinski definition) is 0. The highest BCUT2D eigenvalue weighted by atomic mass is 32.2. The number of rotatable bonds is 5. The number of carbonyl (C=O) groups excluding carboxylic acids is 1. The van der Waals surface area contributed by atoms with Crippen molar-refractivity contribution in [1.29, 1.82) is 0 Å². The maximum absolute atomic E-state index is 13.5. The van der Waals surface area contributed by atoms with Crippen LogP contribution in [0.3, 0.4) is 0 Å². The molecule has 0 aliphatic carbocycles. The summed E-state index contributed by atoms with van der Waals surface area (Å²) in [7, 11) is -3.76. The predicted molar refractivity (Wildman–Crippen MR) is 112 cm³/mol. The van der Waals surface area contributed by atoms with Gasteiger partial charge in [0.2, 0.25) is 15.9 Å². The predicted octanol–water partition coefficient (Wildman–Crippen LogP) is 2.50. The second kappa shape index (κ2) is 8.83. The van der Waals surface area contributed by atoms with Crippen molar-refractivity contribution in [3.8, 4) is 0 Å². The summed E-state index contributed by atoms with van der Waals surface area (Å²) in [5, 5.41) is 0. The van der Waals surface area contributed by atoms with E-state index in [1.807, 2.05) is 35.2 Å². The van der Waals surface area contributed by atoms with E-state index in [1.54, 1.807) is 0 Å². The summed E-state index contributed by atoms with van der Waals surface area (Å²) in [6.45, 7) is 2.94. The first-order chi connectivity index (χ1) is 14.5. The van der Waals surface area contributed by atoms with Crippen molar-refractivity contribution in [1.82, 2.24) is 14.1 Å². The lowest BCUT2D eigenvalue weighted by Crippen LogP contribution is -2.52. The molecular weight excluding hydrogens is 405 g/mol. The molecule has 2 heterocycles. The highest BCUT2D eigenvalue weighted by Crippen LogP contribution is 2.28. The molecule has 160 valence electrons. The highest BCUT2D eigenvalue weighted by molar-refractivity contribution is 7.89. The van der Waals surface area contributed by atoms with E-state index in [9.17, 15) is 17.6 Å². The topological polar surface area (TPSA) is 60.9 Å². The fraction of sp³-hybridized carbons (Fsp3) is 0.409. The summed E-state index contributed by atoms with van der Waals surface area (Å²) in [6, 6.07) is 14.3. The normalized spacial score (nSPS) is 19.7. The van der Waals surface area contributed by atoms with E-state index < -0.39 is 21.9 Å². The molecule has 0 bridgehead atoms. The number of carbonyl (C=O) groups is 1. The fourth-order valence-corrected chi connectivity index (χ4v) is 5.69. The Hall–Kier alpha value is -2.29. The largest absolute Gasteiger partial charge is 0.341 e. The van der Waals surface area contributed by atoms with Crippen LogP contribution in [0.1, 0.15) is 24.4 Å². The summed E-state index contributed by atoms with van der Waals surface area (Å²) >= 11 is 0. The standard InChI is InChI=1S/C22H26FN3O3S/c23-19-9-6-10-20(17-19)30(28,29)26-15-13-24(14-16-26)21(18-7-2-1-3-8-18)22(27)25-11-4-5-12-25/h1-3,6-10,17,21H,4-5,11-16H2/t21-/m0/s1. The van der Waals surface area contributed by atoms with Gasteiger partial charge in [-0.25, -0.2) is 12.8 Å². The molecule has 2 aliphatic heterocycles. The Kier molecular flexibility index (Phi) is 6.17. The average Bonchev–Trinajstić information content (AvgIpc) is 3.30. The van der Waals surface area contributed by atoms with Crippen LogP contribution in [0.15, 0.2) is 59.5 Å². The van der Waals surface area contributed by atoms with Gasteiger partial charge in [-0.1, -0.05) is 36.4 Å². The van der Waals surface area contributed by atoms with Gasteiger partial charge in [0.1, 0.15) is 11.9 Å². The fourth-order valence-electron chi connectivity index (χ4n) is 4.23. The van der Waals surface area contributed by atoms with Gasteiger partial charge in [0.05, 0.1) is 4.90 Å². The van der Waals surface area contributed by atoms with Gasteiger partial charge in [-0.2, -0.15) is 4.31 Å². The van der Waals surface area contributed by atoms with Crippen LogP contribution in [0, 0.1) is 5.82 Å². The summed E-state index contributed by atoms with van der Waals surface area (Å²) in [5.41, 5.74) is 0.927. The second-order valence-electron chi connectivity index (χ2n) is 7.74. The van der Waals surface area contributed by atoms with Gasteiger partial charge in [0, 0.05) is 39.3 Å². The minimum Gasteiger partial charge on any atom is -0.341 e. The van der Waals surface area contributed by atoms with Crippen LogP contribution in [0.4, 0.5) is 4.39 Å². The van der Waals surface area contributed by atoms with Gasteiger partial charge < -0.3 is 4.90 Å². The number of benzene rings is 2. The molecule has 1 atom stereocenters. The highest BCUT2D eigenvalue weighted by Gasteiger charge is 2.36. The van der Waals surface area contributed by atoms with Gasteiger partial charge in [-0.3, -0.25) is 9.69 Å². The third kappa shape index (κ3) is 4.26. The third-order valence-corrected chi connectivity index (χ3v) is 7.73. The number of nitrogens with zero attached hydrogens (tertiary/aromatic N) is 3. The number of amides is 1. The smallest absolute Gasteiger partial charge is 0.244 e. The lowest BCUT2D eigenvalue weighted by Gasteiger charge is -2.39. The number of piperazine rings is 1. The molecule has 0 saturated carbocycles. The first-order valence-electron chi connectivity index (χ1n) is 10.3. The first-order valence-corrected chi connectivity index (χ1v) is 11.7. The van der Waals surface area contributed by atoms with Crippen LogP contribution in [0.2, 0.25) is 0 Å². The molecule has 2 aliphatic rings. The SMILES string of the molecule is O=C([C@H](c1ccccc1)N1CCN(S(=O)(=O)c2cccc(F)c2)CC1)N1CCCC1. The van der Waals surface area contributed by atoms with Crippen molar-refractivity contribution in [3.63, 3.8) is 0 Å². The van der Waals surface area contributed by atoms with E-state index in [2.05, 4.69) is 4.90 Å². The Labute approximate surface area is 176 Å². The van der Waals surface area contributed by atoms with E-state index in [-0.39, 0.29) is 23.9 Å². The van der Waals surface area contributed by atoms with Gasteiger partial charge in [-0.05, 0) is 36.6 Å². The summed E-state index contributed by atoms with van der Waals surface area (Å²) in [5.74, 6) is -0.491. The van der Waals surface area contributed by atoms with E-state index in [4.69, 9.17) is 0 Å². The average molecular weight is 432 g/mol. The van der Waals surface area contributed by atoms with Crippen LogP contribution in [0.25, 0.3) is 0 Å². The summed E-state index contributed by atoms with van der Waals surface area (Å²) in [4.78, 5) is 17.2. The molecule has 0 aromatic heterocycles. The van der Waals surface area contributed by atoms with Crippen LogP contribution in [-0.2, 0) is 14.8 Å². The number of halogens is 1. The summed E-state index contributed by atoms with van der Waals surface area (Å²) in [6.07, 6.45) is 2.04. The third-order valence-electron chi connectivity index (χ3n) is 5.84. The lowest BCUT2D eigenvalue weighted by atomic mass is 10.0. The molecule has 2 saturated heterocycles. The van der Waals surface area contributed by atoms with Crippen LogP contribution < -0.4 is 0 Å². The van der Waals surface area contributed by atoms with Crippen molar-refractivity contribution in [2.45, 2.75) is 23.8 Å². The molecule has 1 amide bonds. The quantitative estimate of drug-likeness (QED) is 0.730. The van der Waals surface area contributed by atoms with E-state index in [0.717, 1.165) is 37.6 Å². The Morgan fingerprint density at radius 1 is 0.867 bits per heavy atom. The maximum Gasteiger partial charge on any atom is 0.244 e. The van der Waals surface area contributed by atoms with Crippen LogP contribution >= 0.6 is 0 Å². The lowest BCUT2D eigenvalue weighted by molar-refractivity contribution is -0.136. The maximum atomic E-state index is 13.5. The van der Waals surface area contributed by atoms with Gasteiger partial charge in [0.25, 0.3) is 0 Å². The molecule has 0 spiro atoms. The Morgan fingerprint density at radius 3 is 2.17 bits per heavy atom. The van der Waals surface area contributed by atoms with Crippen LogP contribution in [-0.4, -0.2) is 67.7 Å². The molecule has 30 heavy (non-hydrogen) atoms. The van der Waals surface area contributed by atoms with Gasteiger partial charge >= 0.3 is 0 Å². The van der Waals surface area contributed by atoms with E-state index >= 15 is 0 Å². The molecule has 2 fully saturated rings. The van der Waals surface area contributed by atoms with Crippen molar-refractivity contribution in [3.05, 3.63) is 66.0 Å². The van der Waals surface area contributed by atoms with Crippen LogP contribution in [0.5, 0.6) is 0 Å². The Balaban J connectivity index is 1.52. The zero-order chi connectivity index (χ0) is 21.1. The van der Waals surface area contributed by atoms with Crippen molar-refractivity contribution >= 4 is 15.9 Å². The van der Waals surface area contributed by atoms with Gasteiger partial charge in [-0.15, -0.1) is 0 Å². The Morgan fingerprint density at radius 2 is 1.53 bits per heavy atom. The second-order valence-corrected chi connectivity index (χ2v) is 9.68. The van der Waals surface area contributed by atoms with Crippen molar-refractivity contribution < 1.29 is 17.6 Å².